The van der Waals surface area contributed by atoms with Crippen molar-refractivity contribution in [3.05, 3.63) is 34.9 Å². The van der Waals surface area contributed by atoms with Crippen molar-refractivity contribution in [2.75, 3.05) is 6.61 Å². The molecule has 0 spiro atoms. The number of carbonyl (C=O) groups is 2. The Balaban J connectivity index is 1.84. The smallest absolute Gasteiger partial charge is 0.338 e. The molecule has 0 aromatic heterocycles. The van der Waals surface area contributed by atoms with E-state index < -0.39 is 5.97 Å². The molecule has 2 atom stereocenters. The van der Waals surface area contributed by atoms with Gasteiger partial charge in [0.1, 0.15) is 0 Å². The maximum Gasteiger partial charge on any atom is 0.338 e. The van der Waals surface area contributed by atoms with Gasteiger partial charge in [0.25, 0.3) is 5.91 Å². The van der Waals surface area contributed by atoms with Crippen molar-refractivity contribution >= 4 is 11.9 Å². The Hall–Kier alpha value is -1.84. The van der Waals surface area contributed by atoms with Gasteiger partial charge in [-0.2, -0.15) is 0 Å². The topological polar surface area (TPSA) is 55.4 Å². The zero-order valence-electron chi connectivity index (χ0n) is 13.6. The van der Waals surface area contributed by atoms with Crippen molar-refractivity contribution in [1.29, 1.82) is 0 Å². The molecule has 1 N–H and O–H groups in total. The summed E-state index contributed by atoms with van der Waals surface area (Å²) in [4.78, 5) is 24.0. The fourth-order valence-electron chi connectivity index (χ4n) is 3.03. The van der Waals surface area contributed by atoms with E-state index in [0.29, 0.717) is 11.5 Å². The van der Waals surface area contributed by atoms with Crippen LogP contribution in [0.2, 0.25) is 0 Å². The summed E-state index contributed by atoms with van der Waals surface area (Å²) < 4.78 is 5.14. The van der Waals surface area contributed by atoms with E-state index >= 15 is 0 Å². The van der Waals surface area contributed by atoms with Crippen molar-refractivity contribution < 1.29 is 14.3 Å². The van der Waals surface area contributed by atoms with Gasteiger partial charge >= 0.3 is 5.97 Å². The van der Waals surface area contributed by atoms with Crippen LogP contribution in [0.4, 0.5) is 0 Å². The molecule has 0 unspecified atom stereocenters. The Bertz CT molecular complexity index is 553. The van der Waals surface area contributed by atoms with Crippen LogP contribution in [0.15, 0.2) is 18.2 Å². The number of hydrogen-bond acceptors (Lipinski definition) is 3. The lowest BCUT2D eigenvalue weighted by molar-refractivity contribution is -0.125. The highest BCUT2D eigenvalue weighted by molar-refractivity contribution is 5.92. The number of amides is 1. The summed E-state index contributed by atoms with van der Waals surface area (Å²) in [5, 5.41) is 2.98. The van der Waals surface area contributed by atoms with Gasteiger partial charge in [0.05, 0.1) is 5.56 Å². The normalized spacial score (nSPS) is 21.2. The zero-order valence-corrected chi connectivity index (χ0v) is 13.6. The third-order valence-corrected chi connectivity index (χ3v) is 4.39. The molecule has 1 aliphatic carbocycles. The lowest BCUT2D eigenvalue weighted by Gasteiger charge is -2.29. The van der Waals surface area contributed by atoms with Gasteiger partial charge in [-0.3, -0.25) is 4.79 Å². The number of carbonyl (C=O) groups excluding carboxylic acids is 2. The minimum absolute atomic E-state index is 0.209. The van der Waals surface area contributed by atoms with E-state index in [2.05, 4.69) is 12.2 Å². The molecule has 1 aromatic carbocycles. The molecule has 0 aliphatic heterocycles. The summed E-state index contributed by atoms with van der Waals surface area (Å²) in [7, 11) is 0. The Labute approximate surface area is 132 Å². The van der Waals surface area contributed by atoms with E-state index in [1.165, 1.54) is 6.42 Å². The SMILES string of the molecule is Cc1ccc(C(=O)OCC(=O)N[C@H]2CCCC[C@H]2C)c(C)c1. The molecule has 0 bridgehead atoms. The summed E-state index contributed by atoms with van der Waals surface area (Å²) in [5.41, 5.74) is 2.48. The molecule has 4 heteroatoms. The van der Waals surface area contributed by atoms with Gasteiger partial charge < -0.3 is 10.1 Å². The number of ether oxygens (including phenoxy) is 1. The quantitative estimate of drug-likeness (QED) is 0.869. The van der Waals surface area contributed by atoms with Crippen LogP contribution in [0.3, 0.4) is 0 Å². The van der Waals surface area contributed by atoms with Crippen molar-refractivity contribution in [2.45, 2.75) is 52.5 Å². The van der Waals surface area contributed by atoms with Crippen LogP contribution in [-0.4, -0.2) is 24.5 Å². The monoisotopic (exact) mass is 303 g/mol. The highest BCUT2D eigenvalue weighted by Crippen LogP contribution is 2.23. The van der Waals surface area contributed by atoms with Gasteiger partial charge in [0.15, 0.2) is 6.61 Å². The predicted octanol–water partition coefficient (Wildman–Crippen LogP) is 3.16. The molecule has 1 aliphatic rings. The molecular formula is C18H25NO3. The molecule has 0 radical (unpaired) electrons. The van der Waals surface area contributed by atoms with Crippen molar-refractivity contribution in [1.82, 2.24) is 5.32 Å². The number of nitrogens with one attached hydrogen (secondary N) is 1. The highest BCUT2D eigenvalue weighted by Gasteiger charge is 2.23. The fourth-order valence-corrected chi connectivity index (χ4v) is 3.03. The molecule has 0 saturated heterocycles. The van der Waals surface area contributed by atoms with Crippen LogP contribution >= 0.6 is 0 Å². The van der Waals surface area contributed by atoms with Gasteiger partial charge in [-0.15, -0.1) is 0 Å². The van der Waals surface area contributed by atoms with Gasteiger partial charge in [-0.25, -0.2) is 4.79 Å². The minimum Gasteiger partial charge on any atom is -0.452 e. The minimum atomic E-state index is -0.440. The summed E-state index contributed by atoms with van der Waals surface area (Å²) >= 11 is 0. The van der Waals surface area contributed by atoms with Gasteiger partial charge in [0.2, 0.25) is 0 Å². The van der Waals surface area contributed by atoms with Crippen molar-refractivity contribution in [2.24, 2.45) is 5.92 Å². The summed E-state index contributed by atoms with van der Waals surface area (Å²) in [6.07, 6.45) is 4.54. The summed E-state index contributed by atoms with van der Waals surface area (Å²) in [5.74, 6) is -0.158. The van der Waals surface area contributed by atoms with Gasteiger partial charge in [0, 0.05) is 6.04 Å². The number of benzene rings is 1. The standard InChI is InChI=1S/C18H25NO3/c1-12-8-9-15(14(3)10-12)18(21)22-11-17(20)19-16-7-5-4-6-13(16)2/h8-10,13,16H,4-7,11H2,1-3H3,(H,19,20)/t13-,16+/m1/s1. The Morgan fingerprint density at radius 2 is 1.95 bits per heavy atom. The van der Waals surface area contributed by atoms with E-state index in [1.54, 1.807) is 6.07 Å². The average Bonchev–Trinajstić information content (AvgIpc) is 2.47. The summed E-state index contributed by atoms with van der Waals surface area (Å²) in [6, 6.07) is 5.75. The van der Waals surface area contributed by atoms with Crippen LogP contribution in [0.5, 0.6) is 0 Å². The second-order valence-corrected chi connectivity index (χ2v) is 6.33. The molecule has 4 nitrogen and oxygen atoms in total. The highest BCUT2D eigenvalue weighted by atomic mass is 16.5. The first-order valence-corrected chi connectivity index (χ1v) is 8.01. The Morgan fingerprint density at radius 3 is 2.64 bits per heavy atom. The molecular weight excluding hydrogens is 278 g/mol. The molecule has 22 heavy (non-hydrogen) atoms. The van der Waals surface area contributed by atoms with E-state index in [9.17, 15) is 9.59 Å². The molecule has 2 rings (SSSR count). The van der Waals surface area contributed by atoms with Crippen LogP contribution < -0.4 is 5.32 Å². The Morgan fingerprint density at radius 1 is 1.23 bits per heavy atom. The second-order valence-electron chi connectivity index (χ2n) is 6.33. The number of aryl methyl sites for hydroxylation is 2. The number of hydrogen-bond donors (Lipinski definition) is 1. The molecule has 1 aromatic rings. The van der Waals surface area contributed by atoms with E-state index in [4.69, 9.17) is 4.74 Å². The second kappa shape index (κ2) is 7.43. The first-order chi connectivity index (χ1) is 10.5. The maximum atomic E-state index is 12.0. The lowest BCUT2D eigenvalue weighted by Crippen LogP contribution is -2.42. The molecule has 1 amide bonds. The first-order valence-electron chi connectivity index (χ1n) is 8.01. The lowest BCUT2D eigenvalue weighted by atomic mass is 9.86. The van der Waals surface area contributed by atoms with E-state index in [0.717, 1.165) is 30.4 Å². The van der Waals surface area contributed by atoms with Crippen molar-refractivity contribution in [3.8, 4) is 0 Å². The molecule has 0 heterocycles. The number of esters is 1. The van der Waals surface area contributed by atoms with Crippen LogP contribution in [0, 0.1) is 19.8 Å². The van der Waals surface area contributed by atoms with E-state index in [-0.39, 0.29) is 18.6 Å². The maximum absolute atomic E-state index is 12.0. The first kappa shape index (κ1) is 16.5. The molecule has 1 saturated carbocycles. The summed E-state index contributed by atoms with van der Waals surface area (Å²) in [6.45, 7) is 5.79. The fraction of sp³-hybridized carbons (Fsp3) is 0.556. The van der Waals surface area contributed by atoms with Crippen molar-refractivity contribution in [3.63, 3.8) is 0 Å². The molecule has 1 fully saturated rings. The molecule has 120 valence electrons. The average molecular weight is 303 g/mol. The van der Waals surface area contributed by atoms with Crippen LogP contribution in [0.25, 0.3) is 0 Å². The third-order valence-electron chi connectivity index (χ3n) is 4.39. The number of rotatable bonds is 4. The predicted molar refractivity (Wildman–Crippen MR) is 85.8 cm³/mol. The zero-order chi connectivity index (χ0) is 16.1. The van der Waals surface area contributed by atoms with Crippen LogP contribution in [-0.2, 0) is 9.53 Å². The largest absolute Gasteiger partial charge is 0.452 e. The van der Waals surface area contributed by atoms with Crippen LogP contribution in [0.1, 0.15) is 54.1 Å². The third kappa shape index (κ3) is 4.33. The Kier molecular flexibility index (Phi) is 5.58. The van der Waals surface area contributed by atoms with Gasteiger partial charge in [-0.05, 0) is 44.2 Å². The van der Waals surface area contributed by atoms with E-state index in [1.807, 2.05) is 26.0 Å². The van der Waals surface area contributed by atoms with Gasteiger partial charge in [-0.1, -0.05) is 37.5 Å².